The quantitative estimate of drug-likeness (QED) is 0.657. The molecule has 2 aromatic carbocycles. The van der Waals surface area contributed by atoms with Crippen molar-refractivity contribution < 1.29 is 33.3 Å². The summed E-state index contributed by atoms with van der Waals surface area (Å²) in [5, 5.41) is 37.0. The van der Waals surface area contributed by atoms with Gasteiger partial charge in [-0.05, 0) is 24.3 Å². The Kier molecular flexibility index (Phi) is 5.01. The zero-order valence-corrected chi connectivity index (χ0v) is 15.1. The summed E-state index contributed by atoms with van der Waals surface area (Å²) in [5.41, 5.74) is -0.246. The van der Waals surface area contributed by atoms with Gasteiger partial charge in [0.15, 0.2) is 9.84 Å². The van der Waals surface area contributed by atoms with Crippen LogP contribution in [0.25, 0.3) is 0 Å². The second kappa shape index (κ2) is 7.27. The van der Waals surface area contributed by atoms with E-state index in [-0.39, 0.29) is 22.6 Å². The van der Waals surface area contributed by atoms with Crippen LogP contribution in [0.2, 0.25) is 0 Å². The Balaban J connectivity index is 1.77. The second-order valence-electron chi connectivity index (χ2n) is 6.03. The van der Waals surface area contributed by atoms with Crippen molar-refractivity contribution in [1.82, 2.24) is 0 Å². The molecule has 2 aromatic rings. The first kappa shape index (κ1) is 19.3. The lowest BCUT2D eigenvalue weighted by molar-refractivity contribution is 0.0682. The molecule has 1 unspecified atom stereocenters. The summed E-state index contributed by atoms with van der Waals surface area (Å²) >= 11 is 0. The van der Waals surface area contributed by atoms with Gasteiger partial charge in [-0.15, -0.1) is 0 Å². The van der Waals surface area contributed by atoms with E-state index in [2.05, 4.69) is 10.3 Å². The number of carboxylic acids is 2. The number of phenols is 1. The lowest BCUT2D eigenvalue weighted by Gasteiger charge is -2.15. The molecule has 1 atom stereocenters. The Labute approximate surface area is 159 Å². The lowest BCUT2D eigenvalue weighted by Crippen LogP contribution is -2.27. The lowest BCUT2D eigenvalue weighted by atomic mass is 10.2. The molecule has 0 amide bonds. The molecule has 10 nitrogen and oxygen atoms in total. The van der Waals surface area contributed by atoms with E-state index < -0.39 is 39.3 Å². The topological polar surface area (TPSA) is 157 Å². The van der Waals surface area contributed by atoms with E-state index >= 15 is 0 Å². The fourth-order valence-corrected chi connectivity index (χ4v) is 4.40. The minimum atomic E-state index is -3.94. The molecule has 0 radical (unpaired) electrons. The molecule has 0 bridgehead atoms. The van der Waals surface area contributed by atoms with Gasteiger partial charge in [0.25, 0.3) is 0 Å². The van der Waals surface area contributed by atoms with Crippen LogP contribution in [0.4, 0.5) is 5.69 Å². The van der Waals surface area contributed by atoms with E-state index in [1.54, 1.807) is 0 Å². The van der Waals surface area contributed by atoms with Gasteiger partial charge in [-0.25, -0.2) is 23.0 Å². The maximum atomic E-state index is 12.6. The summed E-state index contributed by atoms with van der Waals surface area (Å²) in [6.45, 7) is 0.0698. The molecule has 0 fully saturated rings. The molecule has 1 aliphatic rings. The SMILES string of the molecule is O=C(O)c1ccc(N2CC(CS(=O)(=O)c3ccccc3C(=O)O)N=N2)cc1O. The normalized spacial score (nSPS) is 16.3. The zero-order valence-electron chi connectivity index (χ0n) is 14.3. The summed E-state index contributed by atoms with van der Waals surface area (Å²) in [5.74, 6) is -3.53. The molecule has 11 heteroatoms. The van der Waals surface area contributed by atoms with Crippen molar-refractivity contribution in [3.05, 3.63) is 53.6 Å². The summed E-state index contributed by atoms with van der Waals surface area (Å²) in [7, 11) is -3.94. The monoisotopic (exact) mass is 405 g/mol. The first-order chi connectivity index (χ1) is 13.2. The van der Waals surface area contributed by atoms with Crippen molar-refractivity contribution in [2.24, 2.45) is 10.3 Å². The van der Waals surface area contributed by atoms with Crippen molar-refractivity contribution in [2.45, 2.75) is 10.9 Å². The Morgan fingerprint density at radius 3 is 2.39 bits per heavy atom. The number of aromatic hydroxyl groups is 1. The standard InChI is InChI=1S/C17H15N3O7S/c21-14-7-11(5-6-12(14)16(22)23)20-8-10(18-19-20)9-28(26,27)15-4-2-1-3-13(15)17(24)25/h1-7,10,21H,8-9H2,(H,22,23)(H,24,25). The average Bonchev–Trinajstić information content (AvgIpc) is 3.09. The van der Waals surface area contributed by atoms with Crippen LogP contribution < -0.4 is 5.01 Å². The van der Waals surface area contributed by atoms with Crippen LogP contribution in [0.15, 0.2) is 57.7 Å². The van der Waals surface area contributed by atoms with E-state index in [0.29, 0.717) is 5.69 Å². The fourth-order valence-electron chi connectivity index (χ4n) is 2.77. The number of sulfone groups is 1. The predicted octanol–water partition coefficient (Wildman–Crippen LogP) is 1.82. The third kappa shape index (κ3) is 3.78. The molecule has 0 aromatic heterocycles. The van der Waals surface area contributed by atoms with Gasteiger partial charge >= 0.3 is 11.9 Å². The van der Waals surface area contributed by atoms with E-state index in [0.717, 1.165) is 0 Å². The van der Waals surface area contributed by atoms with Crippen LogP contribution in [0.1, 0.15) is 20.7 Å². The second-order valence-corrected chi connectivity index (χ2v) is 8.03. The number of hydrogen-bond acceptors (Lipinski definition) is 8. The minimum Gasteiger partial charge on any atom is -0.507 e. The number of hydrogen-bond donors (Lipinski definition) is 3. The van der Waals surface area contributed by atoms with Gasteiger partial charge in [0.05, 0.1) is 28.4 Å². The molecule has 1 aliphatic heterocycles. The van der Waals surface area contributed by atoms with Gasteiger partial charge < -0.3 is 15.3 Å². The summed E-state index contributed by atoms with van der Waals surface area (Å²) in [6, 6.07) is 8.37. The number of rotatable bonds is 6. The molecule has 3 N–H and O–H groups in total. The Bertz CT molecular complexity index is 1080. The maximum absolute atomic E-state index is 12.6. The van der Waals surface area contributed by atoms with Crippen molar-refractivity contribution in [1.29, 1.82) is 0 Å². The Morgan fingerprint density at radius 2 is 1.75 bits per heavy atom. The van der Waals surface area contributed by atoms with E-state index in [9.17, 15) is 28.2 Å². The number of anilines is 1. The molecule has 0 aliphatic carbocycles. The van der Waals surface area contributed by atoms with Crippen molar-refractivity contribution in [3.8, 4) is 5.75 Å². The number of carbonyl (C=O) groups is 2. The summed E-state index contributed by atoms with van der Waals surface area (Å²) < 4.78 is 25.3. The summed E-state index contributed by atoms with van der Waals surface area (Å²) in [6.07, 6.45) is 0. The molecule has 146 valence electrons. The van der Waals surface area contributed by atoms with Crippen LogP contribution in [-0.2, 0) is 9.84 Å². The largest absolute Gasteiger partial charge is 0.507 e. The van der Waals surface area contributed by atoms with Crippen LogP contribution in [0, 0.1) is 0 Å². The number of benzene rings is 2. The fraction of sp³-hybridized carbons (Fsp3) is 0.176. The molecule has 0 spiro atoms. The Hall–Kier alpha value is -3.47. The van der Waals surface area contributed by atoms with Crippen molar-refractivity contribution in [2.75, 3.05) is 17.3 Å². The van der Waals surface area contributed by atoms with Gasteiger partial charge in [-0.1, -0.05) is 17.4 Å². The Morgan fingerprint density at radius 1 is 1.07 bits per heavy atom. The molecule has 1 heterocycles. The maximum Gasteiger partial charge on any atom is 0.339 e. The minimum absolute atomic E-state index is 0.0698. The molecule has 0 saturated heterocycles. The molecule has 28 heavy (non-hydrogen) atoms. The number of aromatic carboxylic acids is 2. The van der Waals surface area contributed by atoms with Gasteiger partial charge in [0.2, 0.25) is 0 Å². The highest BCUT2D eigenvalue weighted by molar-refractivity contribution is 7.91. The third-order valence-corrected chi connectivity index (χ3v) is 5.93. The number of nitrogens with zero attached hydrogens (tertiary/aromatic N) is 3. The van der Waals surface area contributed by atoms with Gasteiger partial charge in [-0.3, -0.25) is 0 Å². The van der Waals surface area contributed by atoms with Gasteiger partial charge in [0, 0.05) is 6.07 Å². The van der Waals surface area contributed by atoms with Crippen molar-refractivity contribution in [3.63, 3.8) is 0 Å². The highest BCUT2D eigenvalue weighted by atomic mass is 32.2. The van der Waals surface area contributed by atoms with Gasteiger partial charge in [-0.2, -0.15) is 5.11 Å². The van der Waals surface area contributed by atoms with Crippen molar-refractivity contribution >= 4 is 27.5 Å². The van der Waals surface area contributed by atoms with Gasteiger partial charge in [0.1, 0.15) is 17.4 Å². The smallest absolute Gasteiger partial charge is 0.339 e. The molecule has 0 saturated carbocycles. The third-order valence-electron chi connectivity index (χ3n) is 4.08. The highest BCUT2D eigenvalue weighted by Gasteiger charge is 2.30. The molecular weight excluding hydrogens is 390 g/mol. The average molecular weight is 405 g/mol. The first-order valence-electron chi connectivity index (χ1n) is 7.99. The first-order valence-corrected chi connectivity index (χ1v) is 9.64. The van der Waals surface area contributed by atoms with E-state index in [4.69, 9.17) is 5.11 Å². The van der Waals surface area contributed by atoms with Crippen LogP contribution in [0.5, 0.6) is 5.75 Å². The van der Waals surface area contributed by atoms with E-state index in [1.807, 2.05) is 0 Å². The van der Waals surface area contributed by atoms with E-state index in [1.165, 1.54) is 47.5 Å². The zero-order chi connectivity index (χ0) is 20.5. The van der Waals surface area contributed by atoms with Crippen LogP contribution in [-0.4, -0.2) is 54.0 Å². The highest BCUT2D eigenvalue weighted by Crippen LogP contribution is 2.28. The molecular formula is C17H15N3O7S. The summed E-state index contributed by atoms with van der Waals surface area (Å²) in [4.78, 5) is 21.9. The number of carboxylic acid groups (broad SMARTS) is 2. The van der Waals surface area contributed by atoms with Crippen LogP contribution in [0.3, 0.4) is 0 Å². The molecule has 3 rings (SSSR count). The van der Waals surface area contributed by atoms with Crippen LogP contribution >= 0.6 is 0 Å². The predicted molar refractivity (Wildman–Crippen MR) is 96.5 cm³/mol.